The molecule has 0 aromatic heterocycles. The van der Waals surface area contributed by atoms with Crippen LogP contribution >= 0.6 is 7.60 Å². The van der Waals surface area contributed by atoms with Gasteiger partial charge >= 0.3 is 7.60 Å². The van der Waals surface area contributed by atoms with Gasteiger partial charge in [0.05, 0.1) is 13.2 Å². The van der Waals surface area contributed by atoms with Crippen LogP contribution in [0.4, 0.5) is 0 Å². The molecule has 0 aliphatic carbocycles. The molecule has 0 radical (unpaired) electrons. The predicted molar refractivity (Wildman–Crippen MR) is 101 cm³/mol. The van der Waals surface area contributed by atoms with Gasteiger partial charge in [-0.2, -0.15) is 0 Å². The molecule has 2 aromatic carbocycles. The van der Waals surface area contributed by atoms with Gasteiger partial charge in [0.25, 0.3) is 5.91 Å². The lowest BCUT2D eigenvalue weighted by molar-refractivity contribution is 0.0361. The quantitative estimate of drug-likeness (QED) is 0.790. The average Bonchev–Trinajstić information content (AvgIpc) is 2.64. The van der Waals surface area contributed by atoms with Gasteiger partial charge in [-0.25, -0.2) is 0 Å². The molecule has 5 nitrogen and oxygen atoms in total. The van der Waals surface area contributed by atoms with Crippen LogP contribution in [0, 0.1) is 12.3 Å². The number of carbonyl (C=O) groups is 1. The summed E-state index contributed by atoms with van der Waals surface area (Å²) >= 11 is 0. The predicted octanol–water partition coefficient (Wildman–Crippen LogP) is 4.69. The van der Waals surface area contributed by atoms with Crippen LogP contribution in [-0.4, -0.2) is 19.1 Å². The maximum Gasteiger partial charge on any atom is 0.357 e. The summed E-state index contributed by atoms with van der Waals surface area (Å²) in [6, 6.07) is 16.4. The van der Waals surface area contributed by atoms with Crippen molar-refractivity contribution in [3.05, 3.63) is 71.3 Å². The highest BCUT2D eigenvalue weighted by Gasteiger charge is 2.44. The van der Waals surface area contributed by atoms with E-state index in [9.17, 15) is 9.36 Å². The van der Waals surface area contributed by atoms with E-state index in [1.807, 2.05) is 51.1 Å². The molecule has 26 heavy (non-hydrogen) atoms. The van der Waals surface area contributed by atoms with E-state index >= 15 is 0 Å². The minimum atomic E-state index is -3.55. The first-order valence-electron chi connectivity index (χ1n) is 8.60. The lowest BCUT2D eigenvalue weighted by Crippen LogP contribution is -2.35. The molecule has 2 aromatic rings. The number of amides is 1. The van der Waals surface area contributed by atoms with Gasteiger partial charge in [-0.1, -0.05) is 61.9 Å². The Bertz CT molecular complexity index is 803. The van der Waals surface area contributed by atoms with Crippen molar-refractivity contribution in [2.45, 2.75) is 26.6 Å². The lowest BCUT2D eigenvalue weighted by Gasteiger charge is -2.37. The third-order valence-electron chi connectivity index (χ3n) is 4.28. The summed E-state index contributed by atoms with van der Waals surface area (Å²) in [5.41, 5.74) is 2.05. The molecule has 0 saturated carbocycles. The van der Waals surface area contributed by atoms with Crippen molar-refractivity contribution in [3.8, 4) is 0 Å². The average molecular weight is 373 g/mol. The van der Waals surface area contributed by atoms with E-state index in [0.29, 0.717) is 24.3 Å². The maximum atomic E-state index is 13.4. The Morgan fingerprint density at radius 1 is 1.04 bits per heavy atom. The van der Waals surface area contributed by atoms with Crippen LogP contribution in [-0.2, 0) is 13.6 Å². The molecule has 1 N–H and O–H groups in total. The number of hydrogen-bond acceptors (Lipinski definition) is 4. The van der Waals surface area contributed by atoms with Crippen molar-refractivity contribution in [2.24, 2.45) is 5.41 Å². The molecule has 0 spiro atoms. The topological polar surface area (TPSA) is 64.6 Å². The molecular formula is C20H24NO4P. The number of hydrogen-bond donors (Lipinski definition) is 1. The summed E-state index contributed by atoms with van der Waals surface area (Å²) in [7, 11) is -3.55. The second-order valence-electron chi connectivity index (χ2n) is 7.40. The van der Waals surface area contributed by atoms with Gasteiger partial charge in [0.1, 0.15) is 0 Å². The Kier molecular flexibility index (Phi) is 5.33. The largest absolute Gasteiger partial charge is 0.357 e. The maximum absolute atomic E-state index is 13.4. The number of aryl methyl sites for hydroxylation is 1. The normalized spacial score (nSPS) is 19.5. The van der Waals surface area contributed by atoms with Gasteiger partial charge in [-0.15, -0.1) is 0 Å². The van der Waals surface area contributed by atoms with Crippen LogP contribution in [0.3, 0.4) is 0 Å². The smallest absolute Gasteiger partial charge is 0.334 e. The molecular weight excluding hydrogens is 349 g/mol. The molecule has 1 amide bonds. The standard InChI is InChI=1S/C20H24NO4P/c1-15-9-11-17(12-10-15)19(21-18(22)16-7-5-4-6-8-16)26(23)24-13-20(2,3)14-25-26/h4-12,19H,13-14H2,1-3H3,(H,21,22). The van der Waals surface area contributed by atoms with E-state index in [0.717, 1.165) is 5.56 Å². The van der Waals surface area contributed by atoms with Crippen LogP contribution < -0.4 is 5.32 Å². The zero-order valence-corrected chi connectivity index (χ0v) is 16.2. The Hall–Kier alpha value is -1.94. The Labute approximate surface area is 154 Å². The Morgan fingerprint density at radius 3 is 2.19 bits per heavy atom. The summed E-state index contributed by atoms with van der Waals surface area (Å²) in [4.78, 5) is 12.7. The molecule has 1 saturated heterocycles. The third kappa shape index (κ3) is 4.24. The van der Waals surface area contributed by atoms with Crippen LogP contribution in [0.15, 0.2) is 54.6 Å². The molecule has 0 bridgehead atoms. The number of nitrogens with one attached hydrogen (secondary N) is 1. The zero-order valence-electron chi connectivity index (χ0n) is 15.3. The molecule has 1 aliphatic heterocycles. The molecule has 1 fully saturated rings. The van der Waals surface area contributed by atoms with E-state index in [4.69, 9.17) is 9.05 Å². The molecule has 1 heterocycles. The fourth-order valence-electron chi connectivity index (χ4n) is 2.65. The second kappa shape index (κ2) is 7.36. The van der Waals surface area contributed by atoms with Gasteiger partial charge in [0, 0.05) is 11.0 Å². The van der Waals surface area contributed by atoms with Gasteiger partial charge in [-0.05, 0) is 24.6 Å². The number of benzene rings is 2. The fraction of sp³-hybridized carbons (Fsp3) is 0.350. The summed E-state index contributed by atoms with van der Waals surface area (Å²) in [5.74, 6) is -1.17. The summed E-state index contributed by atoms with van der Waals surface area (Å²) in [6.45, 7) is 6.57. The SMILES string of the molecule is Cc1ccc(C(NC(=O)c2ccccc2)P2(=O)OCC(C)(C)CO2)cc1. The fourth-order valence-corrected chi connectivity index (χ4v) is 4.89. The van der Waals surface area contributed by atoms with E-state index in [-0.39, 0.29) is 11.3 Å². The molecule has 138 valence electrons. The monoisotopic (exact) mass is 373 g/mol. The van der Waals surface area contributed by atoms with Crippen molar-refractivity contribution in [3.63, 3.8) is 0 Å². The van der Waals surface area contributed by atoms with E-state index in [1.165, 1.54) is 0 Å². The second-order valence-corrected chi connectivity index (χ2v) is 9.52. The summed E-state index contributed by atoms with van der Waals surface area (Å²) < 4.78 is 24.8. The van der Waals surface area contributed by atoms with E-state index in [1.54, 1.807) is 24.3 Å². The number of carbonyl (C=O) groups excluding carboxylic acids is 1. The highest BCUT2D eigenvalue weighted by molar-refractivity contribution is 7.54. The number of rotatable bonds is 4. The lowest BCUT2D eigenvalue weighted by atomic mass is 9.97. The molecule has 3 rings (SSSR count). The van der Waals surface area contributed by atoms with Crippen molar-refractivity contribution in [1.82, 2.24) is 5.32 Å². The summed E-state index contributed by atoms with van der Waals surface area (Å²) in [5, 5.41) is 2.85. The van der Waals surface area contributed by atoms with Crippen molar-refractivity contribution in [2.75, 3.05) is 13.2 Å². The zero-order chi connectivity index (χ0) is 18.8. The first kappa shape index (κ1) is 18.8. The van der Waals surface area contributed by atoms with Gasteiger partial charge < -0.3 is 14.4 Å². The molecule has 6 heteroatoms. The third-order valence-corrected chi connectivity index (χ3v) is 6.32. The first-order chi connectivity index (χ1) is 12.3. The first-order valence-corrected chi connectivity index (χ1v) is 10.2. The minimum absolute atomic E-state index is 0.213. The Morgan fingerprint density at radius 2 is 1.62 bits per heavy atom. The van der Waals surface area contributed by atoms with Crippen molar-refractivity contribution >= 4 is 13.5 Å². The van der Waals surface area contributed by atoms with Gasteiger partial charge in [0.2, 0.25) is 0 Å². The van der Waals surface area contributed by atoms with E-state index < -0.39 is 13.4 Å². The van der Waals surface area contributed by atoms with E-state index in [2.05, 4.69) is 5.32 Å². The van der Waals surface area contributed by atoms with Gasteiger partial charge in [-0.3, -0.25) is 9.36 Å². The van der Waals surface area contributed by atoms with Crippen LogP contribution in [0.1, 0.15) is 41.1 Å². The molecule has 1 atom stereocenters. The van der Waals surface area contributed by atoms with Crippen LogP contribution in [0.5, 0.6) is 0 Å². The van der Waals surface area contributed by atoms with Crippen molar-refractivity contribution < 1.29 is 18.4 Å². The van der Waals surface area contributed by atoms with Gasteiger partial charge in [0.15, 0.2) is 5.78 Å². The molecule has 1 unspecified atom stereocenters. The Balaban J connectivity index is 1.91. The highest BCUT2D eigenvalue weighted by atomic mass is 31.2. The molecule has 1 aliphatic rings. The van der Waals surface area contributed by atoms with Crippen molar-refractivity contribution in [1.29, 1.82) is 0 Å². The highest BCUT2D eigenvalue weighted by Crippen LogP contribution is 2.63. The van der Waals surface area contributed by atoms with Crippen LogP contribution in [0.2, 0.25) is 0 Å². The van der Waals surface area contributed by atoms with Crippen LogP contribution in [0.25, 0.3) is 0 Å². The minimum Gasteiger partial charge on any atom is -0.334 e. The summed E-state index contributed by atoms with van der Waals surface area (Å²) in [6.07, 6.45) is 0.